The lowest BCUT2D eigenvalue weighted by Gasteiger charge is -2.26. The standard InChI is InChI=1S/C64H76N4O4S2/c1-5-9-13-17-45-69-57-37-29-53(30-38-57)67(54-31-39-58(40-32-54)70-46-18-14-10-6-2)51-25-21-49(22-26-51)63-61-62(66-74-65-61)64(73-63)50-23-27-52(28-24-50)68(55-33-41-59(42-34-55)71-47-19-15-11-7-3)56-35-43-60(44-36-56)72-48-20-16-12-8-4/h21-44H,5-20,45-48H2,1-4H3. The summed E-state index contributed by atoms with van der Waals surface area (Å²) in [6.45, 7) is 11.9. The summed E-state index contributed by atoms with van der Waals surface area (Å²) in [5.41, 5.74) is 10.4. The van der Waals surface area contributed by atoms with Gasteiger partial charge >= 0.3 is 0 Å². The van der Waals surface area contributed by atoms with Crippen LogP contribution in [0.15, 0.2) is 154 Å². The molecule has 388 valence electrons. The first-order valence-corrected chi connectivity index (χ1v) is 29.1. The number of hydrogen-bond donors (Lipinski definition) is 0. The summed E-state index contributed by atoms with van der Waals surface area (Å²) in [7, 11) is 0. The Bertz CT molecular complexity index is 2500. The van der Waals surface area contributed by atoms with Crippen molar-refractivity contribution >= 4 is 68.2 Å². The van der Waals surface area contributed by atoms with Crippen LogP contribution < -0.4 is 28.7 Å². The number of hydrogen-bond acceptors (Lipinski definition) is 9. The molecule has 2 heterocycles. The molecule has 6 aromatic carbocycles. The molecule has 0 amide bonds. The SMILES string of the molecule is CCCCCCOc1ccc(N(c2ccc(OCCCCCC)cc2)c2ccc(-c3sc(-c4ccc(N(c5ccc(OCCCCCC)cc5)c5ccc(OCCCCCC)cc5)cc4)c4c3N=S=N4)cc2)cc1. The maximum Gasteiger partial charge on any atom is 0.124 e. The average molecular weight is 1030 g/mol. The van der Waals surface area contributed by atoms with Crippen molar-refractivity contribution in [2.24, 2.45) is 8.73 Å². The molecule has 0 bridgehead atoms. The average Bonchev–Trinajstić information content (AvgIpc) is 4.07. The molecule has 0 N–H and O–H groups in total. The highest BCUT2D eigenvalue weighted by molar-refractivity contribution is 7.58. The maximum absolute atomic E-state index is 6.14. The van der Waals surface area contributed by atoms with Gasteiger partial charge in [0.05, 0.1) is 47.5 Å². The topological polar surface area (TPSA) is 68.1 Å². The van der Waals surface area contributed by atoms with E-state index < -0.39 is 0 Å². The van der Waals surface area contributed by atoms with Crippen LogP contribution in [0.3, 0.4) is 0 Å². The number of unbranched alkanes of at least 4 members (excludes halogenated alkanes) is 12. The van der Waals surface area contributed by atoms with Gasteiger partial charge in [0.2, 0.25) is 0 Å². The van der Waals surface area contributed by atoms with Crippen molar-refractivity contribution < 1.29 is 18.9 Å². The molecular weight excluding hydrogens is 953 g/mol. The Hall–Kier alpha value is -6.36. The summed E-state index contributed by atoms with van der Waals surface area (Å²) in [5.74, 6) is 3.56. The molecule has 0 radical (unpaired) electrons. The van der Waals surface area contributed by atoms with Crippen LogP contribution in [-0.2, 0) is 11.4 Å². The number of rotatable bonds is 32. The number of ether oxygens (including phenoxy) is 4. The first-order valence-electron chi connectivity index (χ1n) is 27.5. The lowest BCUT2D eigenvalue weighted by Crippen LogP contribution is -2.10. The summed E-state index contributed by atoms with van der Waals surface area (Å²) < 4.78 is 34.3. The summed E-state index contributed by atoms with van der Waals surface area (Å²) in [6.07, 6.45) is 18.9. The molecular formula is C64H76N4O4S2. The summed E-state index contributed by atoms with van der Waals surface area (Å²) in [6, 6.07) is 51.6. The monoisotopic (exact) mass is 1030 g/mol. The zero-order chi connectivity index (χ0) is 51.2. The van der Waals surface area contributed by atoms with Gasteiger partial charge in [0, 0.05) is 34.1 Å². The first-order chi connectivity index (χ1) is 36.6. The van der Waals surface area contributed by atoms with E-state index in [0.29, 0.717) is 0 Å². The van der Waals surface area contributed by atoms with Crippen LogP contribution in [0.4, 0.5) is 45.5 Å². The first kappa shape index (κ1) is 53.9. The molecule has 0 atom stereocenters. The van der Waals surface area contributed by atoms with Gasteiger partial charge in [0.15, 0.2) is 0 Å². The van der Waals surface area contributed by atoms with Crippen molar-refractivity contribution in [2.45, 2.75) is 130 Å². The van der Waals surface area contributed by atoms with E-state index in [0.717, 1.165) is 141 Å². The van der Waals surface area contributed by atoms with E-state index in [1.54, 1.807) is 11.3 Å². The van der Waals surface area contributed by atoms with Crippen molar-refractivity contribution in [3.05, 3.63) is 146 Å². The van der Waals surface area contributed by atoms with Crippen molar-refractivity contribution in [3.63, 3.8) is 0 Å². The predicted octanol–water partition coefficient (Wildman–Crippen LogP) is 20.6. The minimum absolute atomic E-state index is 0.732. The Balaban J connectivity index is 1.03. The van der Waals surface area contributed by atoms with Crippen LogP contribution in [0, 0.1) is 0 Å². The summed E-state index contributed by atoms with van der Waals surface area (Å²) in [5, 5.41) is 0. The van der Waals surface area contributed by atoms with E-state index in [4.69, 9.17) is 27.7 Å². The highest BCUT2D eigenvalue weighted by Gasteiger charge is 2.24. The molecule has 0 fully saturated rings. The molecule has 1 aliphatic rings. The third-order valence-corrected chi connectivity index (χ3v) is 15.1. The fourth-order valence-electron chi connectivity index (χ4n) is 9.14. The van der Waals surface area contributed by atoms with Crippen LogP contribution >= 0.6 is 11.3 Å². The zero-order valence-electron chi connectivity index (χ0n) is 44.2. The van der Waals surface area contributed by atoms with E-state index in [9.17, 15) is 0 Å². The Labute approximate surface area is 449 Å². The molecule has 1 aliphatic heterocycles. The van der Waals surface area contributed by atoms with Gasteiger partial charge in [-0.25, -0.2) is 0 Å². The second-order valence-electron chi connectivity index (χ2n) is 19.1. The molecule has 74 heavy (non-hydrogen) atoms. The molecule has 10 heteroatoms. The van der Waals surface area contributed by atoms with Crippen LogP contribution in [0.2, 0.25) is 0 Å². The normalized spacial score (nSPS) is 11.6. The van der Waals surface area contributed by atoms with Crippen LogP contribution in [0.25, 0.3) is 20.9 Å². The largest absolute Gasteiger partial charge is 0.494 e. The van der Waals surface area contributed by atoms with E-state index in [-0.39, 0.29) is 0 Å². The Morgan fingerprint density at radius 2 is 0.554 bits per heavy atom. The number of thiophene rings is 1. The quantitative estimate of drug-likeness (QED) is 0.0392. The molecule has 0 aliphatic carbocycles. The van der Waals surface area contributed by atoms with E-state index in [2.05, 4.69) is 183 Å². The summed E-state index contributed by atoms with van der Waals surface area (Å²) in [4.78, 5) is 6.79. The fourth-order valence-corrected chi connectivity index (χ4v) is 11.0. The fraction of sp³-hybridized carbons (Fsp3) is 0.375. The third-order valence-electron chi connectivity index (χ3n) is 13.3. The lowest BCUT2D eigenvalue weighted by atomic mass is 10.1. The van der Waals surface area contributed by atoms with Crippen molar-refractivity contribution in [3.8, 4) is 43.9 Å². The van der Waals surface area contributed by atoms with Crippen molar-refractivity contribution in [1.29, 1.82) is 0 Å². The van der Waals surface area contributed by atoms with E-state index in [1.165, 1.54) is 88.4 Å². The van der Waals surface area contributed by atoms with Crippen molar-refractivity contribution in [1.82, 2.24) is 0 Å². The number of fused-ring (bicyclic) bond motifs is 1. The Kier molecular flexibility index (Phi) is 21.1. The second-order valence-corrected chi connectivity index (χ2v) is 20.6. The number of nitrogens with zero attached hydrogens (tertiary/aromatic N) is 4. The smallest absolute Gasteiger partial charge is 0.124 e. The van der Waals surface area contributed by atoms with Gasteiger partial charge in [0.25, 0.3) is 0 Å². The van der Waals surface area contributed by atoms with Crippen molar-refractivity contribution in [2.75, 3.05) is 36.2 Å². The van der Waals surface area contributed by atoms with E-state index >= 15 is 0 Å². The number of benzene rings is 6. The molecule has 0 unspecified atom stereocenters. The zero-order valence-corrected chi connectivity index (χ0v) is 45.9. The minimum atomic E-state index is 0.732. The molecule has 0 saturated carbocycles. The van der Waals surface area contributed by atoms with Gasteiger partial charge in [-0.1, -0.05) is 129 Å². The van der Waals surface area contributed by atoms with Gasteiger partial charge in [-0.2, -0.15) is 8.73 Å². The molecule has 1 aromatic heterocycles. The van der Waals surface area contributed by atoms with Crippen LogP contribution in [0.1, 0.15) is 130 Å². The van der Waals surface area contributed by atoms with Gasteiger partial charge in [-0.15, -0.1) is 11.3 Å². The molecule has 8 rings (SSSR count). The number of anilines is 6. The summed E-state index contributed by atoms with van der Waals surface area (Å²) >= 11 is 3.02. The highest BCUT2D eigenvalue weighted by atomic mass is 32.1. The highest BCUT2D eigenvalue weighted by Crippen LogP contribution is 2.54. The molecule has 7 aromatic rings. The predicted molar refractivity (Wildman–Crippen MR) is 315 cm³/mol. The minimum Gasteiger partial charge on any atom is -0.494 e. The van der Waals surface area contributed by atoms with Gasteiger partial charge in [-0.05, 0) is 158 Å². The Morgan fingerprint density at radius 1 is 0.311 bits per heavy atom. The molecule has 8 nitrogen and oxygen atoms in total. The van der Waals surface area contributed by atoms with Crippen LogP contribution in [0.5, 0.6) is 23.0 Å². The van der Waals surface area contributed by atoms with Gasteiger partial charge < -0.3 is 28.7 Å². The van der Waals surface area contributed by atoms with E-state index in [1.807, 2.05) is 0 Å². The maximum atomic E-state index is 6.14. The van der Waals surface area contributed by atoms with Crippen LogP contribution in [-0.4, -0.2) is 26.4 Å². The second kappa shape index (κ2) is 28.9. The lowest BCUT2D eigenvalue weighted by molar-refractivity contribution is 0.305. The molecule has 0 saturated heterocycles. The van der Waals surface area contributed by atoms with Gasteiger partial charge in [-0.3, -0.25) is 0 Å². The molecule has 0 spiro atoms. The Morgan fingerprint density at radius 3 is 0.797 bits per heavy atom. The third kappa shape index (κ3) is 14.9. The van der Waals surface area contributed by atoms with Gasteiger partial charge in [0.1, 0.15) is 34.4 Å².